The Bertz CT molecular complexity index is 591. The average molecular weight is 266 g/mol. The number of nitrogens with two attached hydrogens (primary N) is 1. The van der Waals surface area contributed by atoms with Gasteiger partial charge in [-0.3, -0.25) is 4.79 Å². The molecule has 0 saturated carbocycles. The predicted molar refractivity (Wildman–Crippen MR) is 74.0 cm³/mol. The van der Waals surface area contributed by atoms with Gasteiger partial charge in [0.25, 0.3) is 5.91 Å². The molecule has 1 amide bonds. The van der Waals surface area contributed by atoms with Crippen molar-refractivity contribution in [3.63, 3.8) is 0 Å². The molecule has 96 valence electrons. The van der Waals surface area contributed by atoms with E-state index in [4.69, 9.17) is 17.3 Å². The smallest absolute Gasteiger partial charge is 0.253 e. The number of rotatable bonds is 3. The van der Waals surface area contributed by atoms with Crippen LogP contribution in [0, 0.1) is 6.92 Å². The molecule has 0 radical (unpaired) electrons. The SMILES string of the molecule is Cc1[nH]c2ccc(Cl)cc2c1C(=O)NC(C)CN. The Labute approximate surface area is 111 Å². The zero-order valence-corrected chi connectivity index (χ0v) is 11.1. The minimum atomic E-state index is -0.126. The zero-order chi connectivity index (χ0) is 13.3. The summed E-state index contributed by atoms with van der Waals surface area (Å²) in [5.41, 5.74) is 7.87. The topological polar surface area (TPSA) is 70.9 Å². The van der Waals surface area contributed by atoms with E-state index in [2.05, 4.69) is 10.3 Å². The molecule has 1 heterocycles. The van der Waals surface area contributed by atoms with Gasteiger partial charge in [-0.25, -0.2) is 0 Å². The maximum atomic E-state index is 12.2. The van der Waals surface area contributed by atoms with Gasteiger partial charge >= 0.3 is 0 Å². The second-order valence-corrected chi connectivity index (χ2v) is 4.86. The second kappa shape index (κ2) is 5.00. The maximum Gasteiger partial charge on any atom is 0.253 e. The van der Waals surface area contributed by atoms with Gasteiger partial charge in [0.05, 0.1) is 5.56 Å². The van der Waals surface area contributed by atoms with Gasteiger partial charge in [-0.15, -0.1) is 0 Å². The molecule has 0 fully saturated rings. The molecule has 0 aliphatic heterocycles. The largest absolute Gasteiger partial charge is 0.358 e. The van der Waals surface area contributed by atoms with Gasteiger partial charge in [0.2, 0.25) is 0 Å². The molecule has 1 aromatic carbocycles. The van der Waals surface area contributed by atoms with E-state index in [0.29, 0.717) is 17.1 Å². The first-order chi connectivity index (χ1) is 8.52. The number of aromatic nitrogens is 1. The molecule has 1 aromatic heterocycles. The minimum absolute atomic E-state index is 0.0546. The Balaban J connectivity index is 2.46. The Morgan fingerprint density at radius 2 is 2.28 bits per heavy atom. The molecule has 0 aliphatic carbocycles. The van der Waals surface area contributed by atoms with Gasteiger partial charge in [0.1, 0.15) is 0 Å². The lowest BCUT2D eigenvalue weighted by Gasteiger charge is -2.11. The van der Waals surface area contributed by atoms with Crippen molar-refractivity contribution < 1.29 is 4.79 Å². The van der Waals surface area contributed by atoms with Crippen molar-refractivity contribution in [3.8, 4) is 0 Å². The normalized spacial score (nSPS) is 12.7. The van der Waals surface area contributed by atoms with E-state index in [9.17, 15) is 4.79 Å². The number of benzene rings is 1. The number of halogens is 1. The van der Waals surface area contributed by atoms with Gasteiger partial charge in [-0.1, -0.05) is 11.6 Å². The Morgan fingerprint density at radius 3 is 2.94 bits per heavy atom. The first kappa shape index (κ1) is 12.9. The van der Waals surface area contributed by atoms with Crippen molar-refractivity contribution in [2.75, 3.05) is 6.54 Å². The number of hydrogen-bond donors (Lipinski definition) is 3. The summed E-state index contributed by atoms with van der Waals surface area (Å²) in [6.45, 7) is 4.15. The second-order valence-electron chi connectivity index (χ2n) is 4.43. The fourth-order valence-electron chi connectivity index (χ4n) is 1.95. The number of aromatic amines is 1. The van der Waals surface area contributed by atoms with E-state index in [1.807, 2.05) is 19.9 Å². The standard InChI is InChI=1S/C13H16ClN3O/c1-7(6-15)16-13(18)12-8(2)17-11-4-3-9(14)5-10(11)12/h3-5,7,17H,6,15H2,1-2H3,(H,16,18). The fraction of sp³-hybridized carbons (Fsp3) is 0.308. The number of nitrogens with one attached hydrogen (secondary N) is 2. The quantitative estimate of drug-likeness (QED) is 0.796. The summed E-state index contributed by atoms with van der Waals surface area (Å²) in [5.74, 6) is -0.126. The van der Waals surface area contributed by atoms with E-state index in [-0.39, 0.29) is 11.9 Å². The maximum absolute atomic E-state index is 12.2. The van der Waals surface area contributed by atoms with Crippen LogP contribution in [0.2, 0.25) is 5.02 Å². The molecule has 0 spiro atoms. The molecule has 5 heteroatoms. The van der Waals surface area contributed by atoms with Gasteiger partial charge in [-0.05, 0) is 32.0 Å². The lowest BCUT2D eigenvalue weighted by molar-refractivity contribution is 0.0942. The highest BCUT2D eigenvalue weighted by Crippen LogP contribution is 2.25. The van der Waals surface area contributed by atoms with E-state index >= 15 is 0 Å². The summed E-state index contributed by atoms with van der Waals surface area (Å²) in [7, 11) is 0. The molecule has 0 aliphatic rings. The van der Waals surface area contributed by atoms with Crippen LogP contribution in [0.5, 0.6) is 0 Å². The zero-order valence-electron chi connectivity index (χ0n) is 10.4. The summed E-state index contributed by atoms with van der Waals surface area (Å²) in [4.78, 5) is 15.4. The first-order valence-electron chi connectivity index (χ1n) is 5.81. The summed E-state index contributed by atoms with van der Waals surface area (Å²) in [6.07, 6.45) is 0. The lowest BCUT2D eigenvalue weighted by atomic mass is 10.1. The van der Waals surface area contributed by atoms with E-state index in [0.717, 1.165) is 16.6 Å². The third-order valence-electron chi connectivity index (χ3n) is 2.91. The molecule has 18 heavy (non-hydrogen) atoms. The van der Waals surface area contributed by atoms with Crippen molar-refractivity contribution in [1.29, 1.82) is 0 Å². The molecular formula is C13H16ClN3O. The van der Waals surface area contributed by atoms with Crippen LogP contribution in [0.25, 0.3) is 10.9 Å². The number of amides is 1. The highest BCUT2D eigenvalue weighted by atomic mass is 35.5. The fourth-order valence-corrected chi connectivity index (χ4v) is 2.12. The molecule has 2 rings (SSSR count). The van der Waals surface area contributed by atoms with E-state index < -0.39 is 0 Å². The molecule has 0 saturated heterocycles. The summed E-state index contributed by atoms with van der Waals surface area (Å²) in [5, 5.41) is 4.31. The monoisotopic (exact) mass is 265 g/mol. The third kappa shape index (κ3) is 2.35. The number of carbonyl (C=O) groups is 1. The number of aryl methyl sites for hydroxylation is 1. The minimum Gasteiger partial charge on any atom is -0.358 e. The highest BCUT2D eigenvalue weighted by molar-refractivity contribution is 6.31. The number of hydrogen-bond acceptors (Lipinski definition) is 2. The van der Waals surface area contributed by atoms with Crippen molar-refractivity contribution in [3.05, 3.63) is 34.5 Å². The van der Waals surface area contributed by atoms with Crippen LogP contribution in [-0.4, -0.2) is 23.5 Å². The Morgan fingerprint density at radius 1 is 1.56 bits per heavy atom. The van der Waals surface area contributed by atoms with Gasteiger partial charge < -0.3 is 16.0 Å². The molecule has 1 unspecified atom stereocenters. The highest BCUT2D eigenvalue weighted by Gasteiger charge is 2.17. The molecule has 0 bridgehead atoms. The third-order valence-corrected chi connectivity index (χ3v) is 3.14. The molecule has 1 atom stereocenters. The summed E-state index contributed by atoms with van der Waals surface area (Å²) in [6, 6.07) is 5.40. The number of fused-ring (bicyclic) bond motifs is 1. The van der Waals surface area contributed by atoms with Crippen LogP contribution in [0.4, 0.5) is 0 Å². The van der Waals surface area contributed by atoms with Crippen molar-refractivity contribution in [2.45, 2.75) is 19.9 Å². The van der Waals surface area contributed by atoms with Gasteiger partial charge in [-0.2, -0.15) is 0 Å². The summed E-state index contributed by atoms with van der Waals surface area (Å²) >= 11 is 5.97. The molecule has 2 aromatic rings. The van der Waals surface area contributed by atoms with E-state index in [1.165, 1.54) is 0 Å². The number of carbonyl (C=O) groups excluding carboxylic acids is 1. The van der Waals surface area contributed by atoms with Gasteiger partial charge in [0.15, 0.2) is 0 Å². The Hall–Kier alpha value is -1.52. The van der Waals surface area contributed by atoms with Crippen LogP contribution in [0.3, 0.4) is 0 Å². The van der Waals surface area contributed by atoms with E-state index in [1.54, 1.807) is 12.1 Å². The van der Waals surface area contributed by atoms with Crippen molar-refractivity contribution in [1.82, 2.24) is 10.3 Å². The van der Waals surface area contributed by atoms with Crippen LogP contribution in [0.1, 0.15) is 23.0 Å². The molecular weight excluding hydrogens is 250 g/mol. The van der Waals surface area contributed by atoms with Crippen molar-refractivity contribution in [2.24, 2.45) is 5.73 Å². The van der Waals surface area contributed by atoms with Crippen LogP contribution in [-0.2, 0) is 0 Å². The predicted octanol–water partition coefficient (Wildman–Crippen LogP) is 2.21. The lowest BCUT2D eigenvalue weighted by Crippen LogP contribution is -2.37. The molecule has 4 N–H and O–H groups in total. The van der Waals surface area contributed by atoms with Crippen LogP contribution >= 0.6 is 11.6 Å². The van der Waals surface area contributed by atoms with Crippen molar-refractivity contribution >= 4 is 28.4 Å². The number of H-pyrrole nitrogens is 1. The van der Waals surface area contributed by atoms with Crippen LogP contribution in [0.15, 0.2) is 18.2 Å². The summed E-state index contributed by atoms with van der Waals surface area (Å²) < 4.78 is 0. The average Bonchev–Trinajstić information content (AvgIpc) is 2.64. The molecule has 4 nitrogen and oxygen atoms in total. The van der Waals surface area contributed by atoms with Crippen LogP contribution < -0.4 is 11.1 Å². The van der Waals surface area contributed by atoms with Gasteiger partial charge in [0, 0.05) is 34.2 Å². The first-order valence-corrected chi connectivity index (χ1v) is 6.19. The Kier molecular flexibility index (Phi) is 3.59.